The van der Waals surface area contributed by atoms with Crippen molar-refractivity contribution in [3.05, 3.63) is 91.3 Å². The van der Waals surface area contributed by atoms with Gasteiger partial charge in [-0.15, -0.1) is 0 Å². The Kier molecular flexibility index (Phi) is 8.03. The number of carbonyl (C=O) groups is 2. The van der Waals surface area contributed by atoms with Crippen LogP contribution in [-0.2, 0) is 11.4 Å². The highest BCUT2D eigenvalue weighted by Crippen LogP contribution is 2.39. The van der Waals surface area contributed by atoms with Crippen LogP contribution in [0.25, 0.3) is 6.08 Å². The monoisotopic (exact) mass is 586 g/mol. The van der Waals surface area contributed by atoms with Crippen LogP contribution in [-0.4, -0.2) is 29.3 Å². The summed E-state index contributed by atoms with van der Waals surface area (Å²) in [6.07, 6.45) is 1.74. The largest absolute Gasteiger partial charge is 0.493 e. The minimum absolute atomic E-state index is 0.150. The van der Waals surface area contributed by atoms with Crippen LogP contribution in [0.5, 0.6) is 11.5 Å². The molecule has 0 aromatic heterocycles. The average Bonchev–Trinajstić information content (AvgIpc) is 3.19. The lowest BCUT2D eigenvalue weighted by molar-refractivity contribution is -0.115. The molecular weight excluding hydrogens is 568 g/mol. The molecular formula is C26H20BrClN2O5S. The van der Waals surface area contributed by atoms with E-state index < -0.39 is 5.97 Å². The summed E-state index contributed by atoms with van der Waals surface area (Å²) in [5, 5.41) is 13.0. The molecule has 36 heavy (non-hydrogen) atoms. The molecule has 0 radical (unpaired) electrons. The van der Waals surface area contributed by atoms with Gasteiger partial charge in [0.2, 0.25) is 0 Å². The fourth-order valence-corrected chi connectivity index (χ4v) is 4.95. The van der Waals surface area contributed by atoms with Gasteiger partial charge in [-0.1, -0.05) is 29.8 Å². The fourth-order valence-electron chi connectivity index (χ4n) is 3.37. The van der Waals surface area contributed by atoms with E-state index in [1.807, 2.05) is 25.1 Å². The Balaban J connectivity index is 1.54. The summed E-state index contributed by atoms with van der Waals surface area (Å²) in [5.74, 6) is -0.343. The summed E-state index contributed by atoms with van der Waals surface area (Å²) < 4.78 is 12.1. The highest BCUT2D eigenvalue weighted by molar-refractivity contribution is 9.10. The third-order valence-corrected chi connectivity index (χ3v) is 7.13. The van der Waals surface area contributed by atoms with E-state index in [-0.39, 0.29) is 18.1 Å². The molecule has 1 aliphatic rings. The lowest BCUT2D eigenvalue weighted by Crippen LogP contribution is -2.19. The second kappa shape index (κ2) is 11.2. The van der Waals surface area contributed by atoms with Gasteiger partial charge in [0.25, 0.3) is 5.91 Å². The second-order valence-corrected chi connectivity index (χ2v) is 9.99. The minimum atomic E-state index is -1.00. The fraction of sp³-hybridized carbons (Fsp3) is 0.115. The number of carbonyl (C=O) groups excluding carboxylic acids is 1. The van der Waals surface area contributed by atoms with Crippen LogP contribution in [0, 0.1) is 6.92 Å². The summed E-state index contributed by atoms with van der Waals surface area (Å²) in [7, 11) is 1.52. The van der Waals surface area contributed by atoms with E-state index in [1.54, 1.807) is 36.4 Å². The van der Waals surface area contributed by atoms with Crippen LogP contribution in [0.15, 0.2) is 69.0 Å². The molecule has 0 bridgehead atoms. The first-order valence-corrected chi connectivity index (χ1v) is 12.6. The number of aliphatic imine (C=N–C) groups is 1. The maximum atomic E-state index is 12.6. The molecule has 3 aromatic carbocycles. The van der Waals surface area contributed by atoms with Gasteiger partial charge in [0.05, 0.1) is 27.7 Å². The number of methoxy groups -OCH3 is 1. The van der Waals surface area contributed by atoms with Gasteiger partial charge in [-0.25, -0.2) is 9.79 Å². The first-order valence-electron chi connectivity index (χ1n) is 10.6. The standard InChI is InChI=1S/C26H20BrClN2O5S/c1-14-19(28)7-4-8-20(14)29-26-30-24(31)22(36-26)12-16-10-18(27)23(21(11-16)34-2)35-13-15-5-3-6-17(9-15)25(32)33/h3-12H,13H2,1-2H3,(H,32,33)(H,29,30,31)/b22-12+. The molecule has 1 heterocycles. The summed E-state index contributed by atoms with van der Waals surface area (Å²) in [5.41, 5.74) is 3.13. The Hall–Kier alpha value is -3.27. The molecule has 0 aliphatic carbocycles. The number of carboxylic acid groups (broad SMARTS) is 1. The van der Waals surface area contributed by atoms with Crippen molar-refractivity contribution in [2.24, 2.45) is 4.99 Å². The van der Waals surface area contributed by atoms with Crippen LogP contribution in [0.1, 0.15) is 27.0 Å². The van der Waals surface area contributed by atoms with Crippen molar-refractivity contribution in [2.75, 3.05) is 7.11 Å². The SMILES string of the molecule is COc1cc(/C=C2/SC(=Nc3cccc(Cl)c3C)NC2=O)cc(Br)c1OCc1cccc(C(=O)O)c1. The van der Waals surface area contributed by atoms with Gasteiger partial charge in [0, 0.05) is 5.02 Å². The number of hydrogen-bond donors (Lipinski definition) is 2. The second-order valence-electron chi connectivity index (χ2n) is 7.69. The molecule has 1 fully saturated rings. The van der Waals surface area contributed by atoms with Gasteiger partial charge in [0.15, 0.2) is 16.7 Å². The van der Waals surface area contributed by atoms with Crippen LogP contribution >= 0.6 is 39.3 Å². The van der Waals surface area contributed by atoms with Crippen molar-refractivity contribution >= 4 is 68.1 Å². The van der Waals surface area contributed by atoms with E-state index in [0.717, 1.165) is 11.1 Å². The predicted octanol–water partition coefficient (Wildman–Crippen LogP) is 6.59. The van der Waals surface area contributed by atoms with Crippen molar-refractivity contribution in [1.82, 2.24) is 5.32 Å². The minimum Gasteiger partial charge on any atom is -0.493 e. The predicted molar refractivity (Wildman–Crippen MR) is 145 cm³/mol. The van der Waals surface area contributed by atoms with Crippen molar-refractivity contribution in [3.8, 4) is 11.5 Å². The Morgan fingerprint density at radius 2 is 2.00 bits per heavy atom. The zero-order valence-corrected chi connectivity index (χ0v) is 22.3. The number of benzene rings is 3. The number of amidine groups is 1. The first-order chi connectivity index (χ1) is 17.2. The number of carboxylic acids is 1. The maximum Gasteiger partial charge on any atom is 0.335 e. The van der Waals surface area contributed by atoms with Crippen LogP contribution in [0.2, 0.25) is 5.02 Å². The van der Waals surface area contributed by atoms with E-state index >= 15 is 0 Å². The smallest absolute Gasteiger partial charge is 0.335 e. The molecule has 3 aromatic rings. The Morgan fingerprint density at radius 1 is 1.22 bits per heavy atom. The Bertz CT molecular complexity index is 1420. The number of rotatable bonds is 7. The maximum absolute atomic E-state index is 12.6. The van der Waals surface area contributed by atoms with E-state index in [4.69, 9.17) is 21.1 Å². The van der Waals surface area contributed by atoms with Crippen LogP contribution in [0.4, 0.5) is 5.69 Å². The summed E-state index contributed by atoms with van der Waals surface area (Å²) in [4.78, 5) is 28.8. The number of ether oxygens (including phenoxy) is 2. The Labute approximate surface area is 225 Å². The van der Waals surface area contributed by atoms with Gasteiger partial charge in [-0.05, 0) is 93.8 Å². The normalized spacial score (nSPS) is 15.3. The van der Waals surface area contributed by atoms with Gasteiger partial charge in [0.1, 0.15) is 6.61 Å². The first kappa shape index (κ1) is 25.8. The number of amides is 1. The molecule has 10 heteroatoms. The van der Waals surface area contributed by atoms with Gasteiger partial charge < -0.3 is 19.9 Å². The van der Waals surface area contributed by atoms with Crippen molar-refractivity contribution in [2.45, 2.75) is 13.5 Å². The molecule has 0 spiro atoms. The molecule has 0 atom stereocenters. The number of nitrogens with zero attached hydrogens (tertiary/aromatic N) is 1. The zero-order valence-electron chi connectivity index (χ0n) is 19.2. The van der Waals surface area contributed by atoms with Crippen molar-refractivity contribution < 1.29 is 24.2 Å². The molecule has 1 aliphatic heterocycles. The van der Waals surface area contributed by atoms with Gasteiger partial charge in [-0.2, -0.15) is 0 Å². The number of thioether (sulfide) groups is 1. The summed E-state index contributed by atoms with van der Waals surface area (Å²) in [6, 6.07) is 15.5. The summed E-state index contributed by atoms with van der Waals surface area (Å²) in [6.45, 7) is 2.02. The Morgan fingerprint density at radius 3 is 2.75 bits per heavy atom. The quantitative estimate of drug-likeness (QED) is 0.303. The van der Waals surface area contributed by atoms with Crippen molar-refractivity contribution in [3.63, 3.8) is 0 Å². The van der Waals surface area contributed by atoms with E-state index in [1.165, 1.54) is 24.9 Å². The molecule has 1 amide bonds. The molecule has 2 N–H and O–H groups in total. The van der Waals surface area contributed by atoms with Crippen molar-refractivity contribution in [1.29, 1.82) is 0 Å². The van der Waals surface area contributed by atoms with E-state index in [0.29, 0.717) is 42.3 Å². The van der Waals surface area contributed by atoms with E-state index in [9.17, 15) is 14.7 Å². The van der Waals surface area contributed by atoms with E-state index in [2.05, 4.69) is 26.2 Å². The highest BCUT2D eigenvalue weighted by Gasteiger charge is 2.24. The number of aromatic carboxylic acids is 1. The topological polar surface area (TPSA) is 97.2 Å². The molecule has 1 saturated heterocycles. The molecule has 4 rings (SSSR count). The molecule has 0 unspecified atom stereocenters. The molecule has 184 valence electrons. The lowest BCUT2D eigenvalue weighted by atomic mass is 10.1. The number of halogens is 2. The third-order valence-electron chi connectivity index (χ3n) is 5.22. The van der Waals surface area contributed by atoms with Gasteiger partial charge in [-0.3, -0.25) is 4.79 Å². The number of nitrogens with one attached hydrogen (secondary N) is 1. The molecule has 7 nitrogen and oxygen atoms in total. The highest BCUT2D eigenvalue weighted by atomic mass is 79.9. The van der Waals surface area contributed by atoms with Crippen LogP contribution in [0.3, 0.4) is 0 Å². The zero-order chi connectivity index (χ0) is 25.8. The van der Waals surface area contributed by atoms with Crippen LogP contribution < -0.4 is 14.8 Å². The number of hydrogen-bond acceptors (Lipinski definition) is 6. The lowest BCUT2D eigenvalue weighted by Gasteiger charge is -2.14. The third kappa shape index (κ3) is 5.92. The summed E-state index contributed by atoms with van der Waals surface area (Å²) >= 11 is 10.9. The van der Waals surface area contributed by atoms with Gasteiger partial charge >= 0.3 is 5.97 Å². The molecule has 0 saturated carbocycles. The average molecular weight is 588 g/mol.